The Labute approximate surface area is 310 Å². The third-order valence-corrected chi connectivity index (χ3v) is 12.7. The van der Waals surface area contributed by atoms with E-state index in [0.29, 0.717) is 5.95 Å². The molecule has 10 aromatic rings. The Morgan fingerprint density at radius 3 is 1.89 bits per heavy atom. The molecule has 2 aromatic heterocycles. The van der Waals surface area contributed by atoms with Gasteiger partial charge in [-0.3, -0.25) is 4.57 Å². The number of nitrogens with zero attached hydrogens (tertiary/aromatic N) is 3. The van der Waals surface area contributed by atoms with Gasteiger partial charge >= 0.3 is 0 Å². The van der Waals surface area contributed by atoms with Crippen molar-refractivity contribution in [1.29, 1.82) is 0 Å². The average Bonchev–Trinajstić information content (AvgIpc) is 3.73. The lowest BCUT2D eigenvalue weighted by molar-refractivity contribution is 0.726. The molecule has 4 heteroatoms. The van der Waals surface area contributed by atoms with Crippen LogP contribution in [0.1, 0.15) is 22.3 Å². The number of aromatic nitrogens is 3. The molecule has 8 aromatic carbocycles. The lowest BCUT2D eigenvalue weighted by Crippen LogP contribution is -2.32. The number of rotatable bonds is 2. The first kappa shape index (κ1) is 29.1. The maximum atomic E-state index is 5.42. The summed E-state index contributed by atoms with van der Waals surface area (Å²) >= 11 is 1.90. The molecular formula is C49H29N3S. The minimum Gasteiger partial charge on any atom is -0.278 e. The highest BCUT2D eigenvalue weighted by Crippen LogP contribution is 2.63. The van der Waals surface area contributed by atoms with E-state index in [1.165, 1.54) is 64.7 Å². The Bertz CT molecular complexity index is 3110. The fraction of sp³-hybridized carbons (Fsp3) is 0.0204. The average molecular weight is 692 g/mol. The van der Waals surface area contributed by atoms with Gasteiger partial charge < -0.3 is 0 Å². The van der Waals surface area contributed by atoms with Gasteiger partial charge in [-0.1, -0.05) is 163 Å². The highest BCUT2D eigenvalue weighted by atomic mass is 32.2. The van der Waals surface area contributed by atoms with E-state index < -0.39 is 5.41 Å². The molecule has 3 nitrogen and oxygen atoms in total. The summed E-state index contributed by atoms with van der Waals surface area (Å²) in [6.07, 6.45) is 0. The SMILES string of the molecule is c1ccc(-c2nc(-n3c4ccc5c(c4c4c6ccccc6ccc43)Sc3ccccc3C53c4ccccc4-c4ccccc43)nc3ccccc23)cc1. The number of benzene rings is 8. The van der Waals surface area contributed by atoms with E-state index in [2.05, 4.69) is 180 Å². The van der Waals surface area contributed by atoms with Crippen molar-refractivity contribution in [1.82, 2.24) is 14.5 Å². The third kappa shape index (κ3) is 3.80. The highest BCUT2D eigenvalue weighted by Gasteiger charge is 2.50. The Hall–Kier alpha value is -6.49. The first-order valence-electron chi connectivity index (χ1n) is 18.1. The van der Waals surface area contributed by atoms with Crippen LogP contribution in [0.3, 0.4) is 0 Å². The number of fused-ring (bicyclic) bond motifs is 16. The van der Waals surface area contributed by atoms with Crippen LogP contribution in [0, 0.1) is 0 Å². The van der Waals surface area contributed by atoms with Crippen molar-refractivity contribution < 1.29 is 0 Å². The van der Waals surface area contributed by atoms with Crippen molar-refractivity contribution in [3.05, 3.63) is 198 Å². The molecule has 0 saturated heterocycles. The largest absolute Gasteiger partial charge is 0.278 e. The molecule has 2 aliphatic rings. The predicted octanol–water partition coefficient (Wildman–Crippen LogP) is 12.4. The van der Waals surface area contributed by atoms with Gasteiger partial charge in [-0.2, -0.15) is 0 Å². The standard InChI is InChI=1S/C49H29N3S/c1-2-15-31(16-3-1)46-35-20-8-12-24-40(35)50-48(51-46)52-41-28-26-30-14-4-5-17-32(30)44(41)45-42(52)29-27-39-47(45)53-43-25-13-11-23-38(43)49(39)36-21-9-6-18-33(36)34-19-7-10-22-37(34)49/h1-29H. The Morgan fingerprint density at radius 2 is 1.08 bits per heavy atom. The normalized spacial score (nSPS) is 13.7. The van der Waals surface area contributed by atoms with Gasteiger partial charge in [-0.15, -0.1) is 0 Å². The molecule has 0 N–H and O–H groups in total. The second-order valence-electron chi connectivity index (χ2n) is 14.0. The minimum atomic E-state index is -0.461. The molecule has 0 bridgehead atoms. The van der Waals surface area contributed by atoms with Gasteiger partial charge in [0.05, 0.1) is 27.7 Å². The maximum Gasteiger partial charge on any atom is 0.235 e. The van der Waals surface area contributed by atoms with E-state index in [9.17, 15) is 0 Å². The van der Waals surface area contributed by atoms with Crippen LogP contribution in [0.25, 0.3) is 71.8 Å². The predicted molar refractivity (Wildman–Crippen MR) is 218 cm³/mol. The summed E-state index contributed by atoms with van der Waals surface area (Å²) in [5.74, 6) is 0.672. The zero-order chi connectivity index (χ0) is 34.7. The number of hydrogen-bond donors (Lipinski definition) is 0. The Balaban J connectivity index is 1.26. The van der Waals surface area contributed by atoms with Crippen LogP contribution < -0.4 is 0 Å². The van der Waals surface area contributed by atoms with Crippen molar-refractivity contribution >= 4 is 55.2 Å². The van der Waals surface area contributed by atoms with Gasteiger partial charge in [0.2, 0.25) is 5.95 Å². The zero-order valence-corrected chi connectivity index (χ0v) is 29.3. The minimum absolute atomic E-state index is 0.461. The van der Waals surface area contributed by atoms with E-state index in [4.69, 9.17) is 9.97 Å². The molecule has 0 amide bonds. The van der Waals surface area contributed by atoms with Crippen LogP contribution >= 0.6 is 11.8 Å². The Kier molecular flexibility index (Phi) is 5.92. The van der Waals surface area contributed by atoms with Crippen molar-refractivity contribution in [2.45, 2.75) is 15.2 Å². The van der Waals surface area contributed by atoms with E-state index in [1.807, 2.05) is 11.8 Å². The zero-order valence-electron chi connectivity index (χ0n) is 28.5. The van der Waals surface area contributed by atoms with Crippen molar-refractivity contribution in [2.24, 2.45) is 0 Å². The van der Waals surface area contributed by atoms with Crippen molar-refractivity contribution in [3.63, 3.8) is 0 Å². The molecule has 0 unspecified atom stereocenters. The van der Waals surface area contributed by atoms with Crippen LogP contribution in [0.5, 0.6) is 0 Å². The number of hydrogen-bond acceptors (Lipinski definition) is 3. The summed E-state index contributed by atoms with van der Waals surface area (Å²) in [4.78, 5) is 13.3. The summed E-state index contributed by atoms with van der Waals surface area (Å²) < 4.78 is 2.31. The number of para-hydroxylation sites is 1. The topological polar surface area (TPSA) is 30.7 Å². The summed E-state index contributed by atoms with van der Waals surface area (Å²) in [5, 5.41) is 5.96. The molecule has 0 atom stereocenters. The lowest BCUT2D eigenvalue weighted by atomic mass is 9.67. The first-order chi connectivity index (χ1) is 26.3. The van der Waals surface area contributed by atoms with Gasteiger partial charge in [-0.25, -0.2) is 9.97 Å². The molecular weight excluding hydrogens is 663 g/mol. The quantitative estimate of drug-likeness (QED) is 0.181. The van der Waals surface area contributed by atoms with Crippen LogP contribution in [-0.4, -0.2) is 14.5 Å². The third-order valence-electron chi connectivity index (χ3n) is 11.5. The van der Waals surface area contributed by atoms with Crippen LogP contribution in [-0.2, 0) is 5.41 Å². The van der Waals surface area contributed by atoms with Gasteiger partial charge in [0.1, 0.15) is 0 Å². The molecule has 1 aliphatic carbocycles. The summed E-state index contributed by atoms with van der Waals surface area (Å²) in [6.45, 7) is 0. The van der Waals surface area contributed by atoms with Gasteiger partial charge in [-0.05, 0) is 68.4 Å². The van der Waals surface area contributed by atoms with Gasteiger partial charge in [0.15, 0.2) is 0 Å². The van der Waals surface area contributed by atoms with Gasteiger partial charge in [0.25, 0.3) is 0 Å². The van der Waals surface area contributed by atoms with Gasteiger partial charge in [0, 0.05) is 31.5 Å². The second kappa shape index (κ2) is 10.8. The highest BCUT2D eigenvalue weighted by molar-refractivity contribution is 7.99. The molecule has 1 spiro atoms. The molecule has 0 radical (unpaired) electrons. The second-order valence-corrected chi connectivity index (χ2v) is 15.1. The first-order valence-corrected chi connectivity index (χ1v) is 18.9. The molecule has 12 rings (SSSR count). The van der Waals surface area contributed by atoms with Crippen molar-refractivity contribution in [3.8, 4) is 28.3 Å². The molecule has 3 heterocycles. The van der Waals surface area contributed by atoms with E-state index >= 15 is 0 Å². The smallest absolute Gasteiger partial charge is 0.235 e. The fourth-order valence-electron chi connectivity index (χ4n) is 9.37. The summed E-state index contributed by atoms with van der Waals surface area (Å²) in [5.41, 5.74) is 12.6. The molecule has 246 valence electrons. The molecule has 0 saturated carbocycles. The summed E-state index contributed by atoms with van der Waals surface area (Å²) in [7, 11) is 0. The van der Waals surface area contributed by atoms with Crippen LogP contribution in [0.2, 0.25) is 0 Å². The van der Waals surface area contributed by atoms with E-state index in [1.54, 1.807) is 0 Å². The van der Waals surface area contributed by atoms with Crippen molar-refractivity contribution in [2.75, 3.05) is 0 Å². The van der Waals surface area contributed by atoms with E-state index in [0.717, 1.165) is 33.2 Å². The maximum absolute atomic E-state index is 5.42. The molecule has 53 heavy (non-hydrogen) atoms. The molecule has 0 fully saturated rings. The monoisotopic (exact) mass is 691 g/mol. The molecule has 1 aliphatic heterocycles. The van der Waals surface area contributed by atoms with Crippen LogP contribution in [0.15, 0.2) is 186 Å². The Morgan fingerprint density at radius 1 is 0.453 bits per heavy atom. The van der Waals surface area contributed by atoms with E-state index in [-0.39, 0.29) is 0 Å². The fourth-order valence-corrected chi connectivity index (χ4v) is 10.7. The summed E-state index contributed by atoms with van der Waals surface area (Å²) in [6, 6.07) is 64.0. The van der Waals surface area contributed by atoms with Crippen LogP contribution in [0.4, 0.5) is 0 Å². The lowest BCUT2D eigenvalue weighted by Gasteiger charge is -2.40.